The van der Waals surface area contributed by atoms with Gasteiger partial charge in [0.05, 0.1) is 18.1 Å². The van der Waals surface area contributed by atoms with Gasteiger partial charge in [-0.15, -0.1) is 0 Å². The third-order valence-corrected chi connectivity index (χ3v) is 2.81. The fourth-order valence-corrected chi connectivity index (χ4v) is 1.71. The van der Waals surface area contributed by atoms with Gasteiger partial charge in [-0.05, 0) is 30.7 Å². The molecule has 1 N–H and O–H groups in total. The molecule has 19 heavy (non-hydrogen) atoms. The minimum atomic E-state index is 0.511. The minimum absolute atomic E-state index is 0.511. The van der Waals surface area contributed by atoms with Crippen LogP contribution in [0.4, 0.5) is 0 Å². The normalized spacial score (nSPS) is 10.7. The van der Waals surface area contributed by atoms with Gasteiger partial charge in [-0.25, -0.2) is 4.98 Å². The summed E-state index contributed by atoms with van der Waals surface area (Å²) in [5, 5.41) is 3.03. The lowest BCUT2D eigenvalue weighted by molar-refractivity contribution is 0.458. The van der Waals surface area contributed by atoms with E-state index in [1.807, 2.05) is 19.2 Å². The van der Waals surface area contributed by atoms with Crippen molar-refractivity contribution in [3.05, 3.63) is 47.9 Å². The number of hydrogen-bond donors (Lipinski definition) is 1. The Bertz CT molecular complexity index is 506. The number of benzene rings is 1. The Kier molecular flexibility index (Phi) is 4.47. The van der Waals surface area contributed by atoms with Crippen LogP contribution in [-0.2, 0) is 6.54 Å². The molecule has 2 rings (SSSR count). The van der Waals surface area contributed by atoms with Crippen molar-refractivity contribution >= 4 is 0 Å². The third-order valence-electron chi connectivity index (χ3n) is 2.81. The van der Waals surface area contributed by atoms with E-state index in [1.54, 1.807) is 12.4 Å². The summed E-state index contributed by atoms with van der Waals surface area (Å²) in [4.78, 5) is 8.49. The van der Waals surface area contributed by atoms with Crippen molar-refractivity contribution < 1.29 is 4.74 Å². The molecule has 0 radical (unpaired) electrons. The maximum absolute atomic E-state index is 5.65. The largest absolute Gasteiger partial charge is 0.438 e. The first-order chi connectivity index (χ1) is 9.19. The Morgan fingerprint density at radius 3 is 2.37 bits per heavy atom. The van der Waals surface area contributed by atoms with Gasteiger partial charge in [0.2, 0.25) is 5.88 Å². The lowest BCUT2D eigenvalue weighted by Crippen LogP contribution is -2.07. The molecular formula is C15H19N3O. The van der Waals surface area contributed by atoms with Gasteiger partial charge in [0, 0.05) is 6.54 Å². The maximum atomic E-state index is 5.65. The third kappa shape index (κ3) is 3.76. The minimum Gasteiger partial charge on any atom is -0.438 e. The van der Waals surface area contributed by atoms with E-state index in [4.69, 9.17) is 4.74 Å². The van der Waals surface area contributed by atoms with Crippen LogP contribution in [0.3, 0.4) is 0 Å². The summed E-state index contributed by atoms with van der Waals surface area (Å²) in [7, 11) is 1.88. The number of nitrogens with one attached hydrogen (secondary N) is 1. The fourth-order valence-electron chi connectivity index (χ4n) is 1.71. The lowest BCUT2D eigenvalue weighted by Gasteiger charge is -2.08. The highest BCUT2D eigenvalue weighted by molar-refractivity contribution is 5.31. The summed E-state index contributed by atoms with van der Waals surface area (Å²) in [6, 6.07) is 8.06. The molecule has 0 saturated carbocycles. The van der Waals surface area contributed by atoms with E-state index in [0.717, 1.165) is 11.4 Å². The van der Waals surface area contributed by atoms with Crippen molar-refractivity contribution in [2.24, 2.45) is 0 Å². The molecule has 1 aromatic heterocycles. The van der Waals surface area contributed by atoms with E-state index in [-0.39, 0.29) is 0 Å². The van der Waals surface area contributed by atoms with Crippen LogP contribution in [0.2, 0.25) is 0 Å². The maximum Gasteiger partial charge on any atom is 0.237 e. The highest BCUT2D eigenvalue weighted by Gasteiger charge is 2.02. The molecule has 0 bridgehead atoms. The van der Waals surface area contributed by atoms with E-state index in [9.17, 15) is 0 Å². The van der Waals surface area contributed by atoms with Crippen LogP contribution in [0, 0.1) is 0 Å². The van der Waals surface area contributed by atoms with Crippen molar-refractivity contribution in [2.75, 3.05) is 7.05 Å². The summed E-state index contributed by atoms with van der Waals surface area (Å²) in [6.07, 6.45) is 3.36. The number of nitrogens with zero attached hydrogens (tertiary/aromatic N) is 2. The van der Waals surface area contributed by atoms with Crippen molar-refractivity contribution in [3.63, 3.8) is 0 Å². The molecule has 0 unspecified atom stereocenters. The second kappa shape index (κ2) is 6.29. The predicted molar refractivity (Wildman–Crippen MR) is 75.4 cm³/mol. The zero-order valence-electron chi connectivity index (χ0n) is 11.6. The lowest BCUT2D eigenvalue weighted by atomic mass is 10.0. The summed E-state index contributed by atoms with van der Waals surface area (Å²) in [6.45, 7) is 5.04. The summed E-state index contributed by atoms with van der Waals surface area (Å²) >= 11 is 0. The number of ether oxygens (including phenoxy) is 1. The molecule has 0 amide bonds. The first-order valence-electron chi connectivity index (χ1n) is 6.42. The van der Waals surface area contributed by atoms with Crippen LogP contribution >= 0.6 is 0 Å². The first kappa shape index (κ1) is 13.5. The molecule has 4 nitrogen and oxygen atoms in total. The molecule has 0 aliphatic rings. The molecule has 100 valence electrons. The van der Waals surface area contributed by atoms with Crippen LogP contribution in [-0.4, -0.2) is 17.0 Å². The summed E-state index contributed by atoms with van der Waals surface area (Å²) < 4.78 is 5.65. The molecule has 0 spiro atoms. The monoisotopic (exact) mass is 257 g/mol. The molecule has 0 fully saturated rings. The molecule has 0 atom stereocenters. The molecule has 1 aromatic carbocycles. The van der Waals surface area contributed by atoms with Crippen LogP contribution in [0.1, 0.15) is 31.0 Å². The number of aromatic nitrogens is 2. The Hall–Kier alpha value is -1.94. The second-order valence-corrected chi connectivity index (χ2v) is 4.70. The van der Waals surface area contributed by atoms with Crippen molar-refractivity contribution in [1.82, 2.24) is 15.3 Å². The Labute approximate surface area is 113 Å². The van der Waals surface area contributed by atoms with Gasteiger partial charge in [0.1, 0.15) is 5.75 Å². The first-order valence-corrected chi connectivity index (χ1v) is 6.42. The molecule has 1 heterocycles. The molecule has 0 aliphatic heterocycles. The standard InChI is InChI=1S/C15H19N3O/c1-11(2)12-4-6-14(7-5-12)19-15-10-17-13(8-16-3)9-18-15/h4-7,9-11,16H,8H2,1-3H3. The van der Waals surface area contributed by atoms with Gasteiger partial charge in [0.15, 0.2) is 0 Å². The van der Waals surface area contributed by atoms with E-state index >= 15 is 0 Å². The van der Waals surface area contributed by atoms with Crippen molar-refractivity contribution in [2.45, 2.75) is 26.3 Å². The molecule has 0 saturated heterocycles. The van der Waals surface area contributed by atoms with E-state index in [1.165, 1.54) is 5.56 Å². The smallest absolute Gasteiger partial charge is 0.237 e. The van der Waals surface area contributed by atoms with Crippen LogP contribution < -0.4 is 10.1 Å². The van der Waals surface area contributed by atoms with E-state index in [0.29, 0.717) is 18.3 Å². The average molecular weight is 257 g/mol. The SMILES string of the molecule is CNCc1cnc(Oc2ccc(C(C)C)cc2)cn1. The molecular weight excluding hydrogens is 238 g/mol. The van der Waals surface area contributed by atoms with Gasteiger partial charge in [-0.3, -0.25) is 4.98 Å². The van der Waals surface area contributed by atoms with E-state index in [2.05, 4.69) is 41.3 Å². The predicted octanol–water partition coefficient (Wildman–Crippen LogP) is 3.11. The van der Waals surface area contributed by atoms with Gasteiger partial charge in [-0.2, -0.15) is 0 Å². The van der Waals surface area contributed by atoms with Gasteiger partial charge in [0.25, 0.3) is 0 Å². The highest BCUT2D eigenvalue weighted by atomic mass is 16.5. The van der Waals surface area contributed by atoms with Crippen LogP contribution in [0.5, 0.6) is 11.6 Å². The van der Waals surface area contributed by atoms with Crippen molar-refractivity contribution in [3.8, 4) is 11.6 Å². The summed E-state index contributed by atoms with van der Waals surface area (Å²) in [5.74, 6) is 1.81. The fraction of sp³-hybridized carbons (Fsp3) is 0.333. The molecule has 4 heteroatoms. The zero-order valence-corrected chi connectivity index (χ0v) is 11.6. The summed E-state index contributed by atoms with van der Waals surface area (Å²) in [5.41, 5.74) is 2.19. The number of rotatable bonds is 5. The van der Waals surface area contributed by atoms with Gasteiger partial charge >= 0.3 is 0 Å². The second-order valence-electron chi connectivity index (χ2n) is 4.70. The highest BCUT2D eigenvalue weighted by Crippen LogP contribution is 2.22. The zero-order chi connectivity index (χ0) is 13.7. The quantitative estimate of drug-likeness (QED) is 0.894. The van der Waals surface area contributed by atoms with Crippen LogP contribution in [0.25, 0.3) is 0 Å². The number of hydrogen-bond acceptors (Lipinski definition) is 4. The van der Waals surface area contributed by atoms with Gasteiger partial charge < -0.3 is 10.1 Å². The average Bonchev–Trinajstić information content (AvgIpc) is 2.42. The van der Waals surface area contributed by atoms with E-state index < -0.39 is 0 Å². The Morgan fingerprint density at radius 2 is 1.84 bits per heavy atom. The van der Waals surface area contributed by atoms with Crippen LogP contribution in [0.15, 0.2) is 36.7 Å². The van der Waals surface area contributed by atoms with Crippen molar-refractivity contribution in [1.29, 1.82) is 0 Å². The van der Waals surface area contributed by atoms with Gasteiger partial charge in [-0.1, -0.05) is 26.0 Å². The topological polar surface area (TPSA) is 47.0 Å². The molecule has 2 aromatic rings. The Morgan fingerprint density at radius 1 is 1.11 bits per heavy atom. The molecule has 0 aliphatic carbocycles. The Balaban J connectivity index is 2.04.